The van der Waals surface area contributed by atoms with E-state index in [0.29, 0.717) is 47.3 Å². The molecule has 4 aromatic rings. The van der Waals surface area contributed by atoms with Crippen molar-refractivity contribution in [1.82, 2.24) is 24.7 Å². The highest BCUT2D eigenvalue weighted by Crippen LogP contribution is 2.37. The van der Waals surface area contributed by atoms with Crippen molar-refractivity contribution >= 4 is 22.7 Å². The van der Waals surface area contributed by atoms with E-state index in [2.05, 4.69) is 10.1 Å². The lowest BCUT2D eigenvalue weighted by Crippen LogP contribution is -2.34. The molecule has 1 atom stereocenters. The molecule has 0 spiro atoms. The van der Waals surface area contributed by atoms with Crippen molar-refractivity contribution < 1.29 is 18.6 Å². The number of hydrogen-bond donors (Lipinski definition) is 0. The molecule has 1 aliphatic rings. The lowest BCUT2D eigenvalue weighted by atomic mass is 10.1. The van der Waals surface area contributed by atoms with Gasteiger partial charge >= 0.3 is 0 Å². The summed E-state index contributed by atoms with van der Waals surface area (Å²) in [6.07, 6.45) is 8.20. The zero-order valence-corrected chi connectivity index (χ0v) is 19.9. The third-order valence-electron chi connectivity index (χ3n) is 6.07. The molecule has 1 aromatic carbocycles. The van der Waals surface area contributed by atoms with Crippen LogP contribution in [-0.4, -0.2) is 58.2 Å². The normalized spacial score (nSPS) is 15.8. The average Bonchev–Trinajstić information content (AvgIpc) is 3.34. The van der Waals surface area contributed by atoms with Crippen LogP contribution >= 0.6 is 0 Å². The minimum atomic E-state index is -0.499. The van der Waals surface area contributed by atoms with Gasteiger partial charge in [0.1, 0.15) is 17.1 Å². The fraction of sp³-hybridized carbons (Fsp3) is 0.360. The average molecular weight is 479 g/mol. The minimum absolute atomic E-state index is 0.0642. The van der Waals surface area contributed by atoms with Crippen LogP contribution in [0.4, 0.5) is 15.9 Å². The Kier molecular flexibility index (Phi) is 6.45. The number of methoxy groups -OCH3 is 2. The number of aryl methyl sites for hydroxylation is 1. The maximum atomic E-state index is 15.6. The topological polar surface area (TPSA) is 87.4 Å². The van der Waals surface area contributed by atoms with E-state index in [0.717, 1.165) is 24.8 Å². The van der Waals surface area contributed by atoms with Gasteiger partial charge in [0.15, 0.2) is 17.2 Å². The number of hydrogen-bond acceptors (Lipinski definition) is 8. The number of pyridine rings is 1. The van der Waals surface area contributed by atoms with Crippen molar-refractivity contribution in [2.24, 2.45) is 7.05 Å². The summed E-state index contributed by atoms with van der Waals surface area (Å²) in [5, 5.41) is 4.21. The molecule has 35 heavy (non-hydrogen) atoms. The van der Waals surface area contributed by atoms with Gasteiger partial charge in [-0.3, -0.25) is 9.67 Å². The van der Waals surface area contributed by atoms with Gasteiger partial charge in [-0.25, -0.2) is 14.4 Å². The molecule has 9 nitrogen and oxygen atoms in total. The Bertz CT molecular complexity index is 1340. The first-order valence-corrected chi connectivity index (χ1v) is 11.5. The summed E-state index contributed by atoms with van der Waals surface area (Å²) in [6.45, 7) is 1.11. The maximum absolute atomic E-state index is 15.6. The van der Waals surface area contributed by atoms with Gasteiger partial charge in [-0.15, -0.1) is 0 Å². The Morgan fingerprint density at radius 2 is 2.03 bits per heavy atom. The minimum Gasteiger partial charge on any atom is -0.497 e. The largest absolute Gasteiger partial charge is 0.497 e. The molecule has 0 saturated carbocycles. The van der Waals surface area contributed by atoms with Crippen LogP contribution in [0.5, 0.6) is 11.5 Å². The molecule has 10 heteroatoms. The molecule has 0 amide bonds. The summed E-state index contributed by atoms with van der Waals surface area (Å²) >= 11 is 0. The van der Waals surface area contributed by atoms with Gasteiger partial charge in [-0.1, -0.05) is 0 Å². The zero-order chi connectivity index (χ0) is 24.4. The van der Waals surface area contributed by atoms with Crippen LogP contribution < -0.4 is 14.4 Å². The first-order chi connectivity index (χ1) is 17.1. The Morgan fingerprint density at radius 3 is 2.74 bits per heavy atom. The molecule has 0 N–H and O–H groups in total. The molecule has 0 bridgehead atoms. The van der Waals surface area contributed by atoms with E-state index in [-0.39, 0.29) is 11.9 Å². The van der Waals surface area contributed by atoms with Crippen LogP contribution in [0.15, 0.2) is 42.9 Å². The summed E-state index contributed by atoms with van der Waals surface area (Å²) in [6, 6.07) is 6.81. The van der Waals surface area contributed by atoms with Crippen molar-refractivity contribution in [3.8, 4) is 22.8 Å². The van der Waals surface area contributed by atoms with Crippen LogP contribution in [0, 0.1) is 5.82 Å². The third-order valence-corrected chi connectivity index (χ3v) is 6.07. The molecule has 4 heterocycles. The van der Waals surface area contributed by atoms with Crippen molar-refractivity contribution in [2.45, 2.75) is 25.4 Å². The van der Waals surface area contributed by atoms with Gasteiger partial charge in [0, 0.05) is 37.5 Å². The van der Waals surface area contributed by atoms with Crippen LogP contribution in [0.3, 0.4) is 0 Å². The van der Waals surface area contributed by atoms with E-state index >= 15 is 4.39 Å². The molecular weight excluding hydrogens is 451 g/mol. The zero-order valence-electron chi connectivity index (χ0n) is 19.9. The number of anilines is 2. The fourth-order valence-corrected chi connectivity index (χ4v) is 4.22. The van der Waals surface area contributed by atoms with E-state index in [4.69, 9.17) is 24.2 Å². The highest BCUT2D eigenvalue weighted by atomic mass is 19.1. The Morgan fingerprint density at radius 1 is 1.14 bits per heavy atom. The molecule has 0 aliphatic carbocycles. The van der Waals surface area contributed by atoms with Gasteiger partial charge in [0.05, 0.1) is 50.6 Å². The van der Waals surface area contributed by atoms with Crippen molar-refractivity contribution in [3.05, 3.63) is 48.7 Å². The van der Waals surface area contributed by atoms with Crippen molar-refractivity contribution in [3.63, 3.8) is 0 Å². The second-order valence-electron chi connectivity index (χ2n) is 8.43. The van der Waals surface area contributed by atoms with E-state index in [1.165, 1.54) is 20.3 Å². The first kappa shape index (κ1) is 23.0. The number of halogens is 1. The molecule has 182 valence electrons. The summed E-state index contributed by atoms with van der Waals surface area (Å²) in [7, 11) is 4.81. The summed E-state index contributed by atoms with van der Waals surface area (Å²) in [4.78, 5) is 15.8. The van der Waals surface area contributed by atoms with Crippen LogP contribution in [-0.2, 0) is 11.8 Å². The predicted octanol–water partition coefficient (Wildman–Crippen LogP) is 4.29. The summed E-state index contributed by atoms with van der Waals surface area (Å²) in [5.41, 5.74) is 2.88. The molecule has 3 aromatic heterocycles. The van der Waals surface area contributed by atoms with Crippen molar-refractivity contribution in [2.75, 3.05) is 32.3 Å². The number of nitrogens with zero attached hydrogens (tertiary/aromatic N) is 6. The number of ether oxygens (including phenoxy) is 3. The lowest BCUT2D eigenvalue weighted by Gasteiger charge is -2.31. The second-order valence-corrected chi connectivity index (χ2v) is 8.43. The van der Waals surface area contributed by atoms with Crippen LogP contribution in [0.25, 0.3) is 22.4 Å². The first-order valence-electron chi connectivity index (χ1n) is 11.5. The molecule has 1 aliphatic heterocycles. The Balaban J connectivity index is 1.61. The smallest absolute Gasteiger partial charge is 0.188 e. The number of benzene rings is 1. The molecule has 1 saturated heterocycles. The molecular formula is C25H27FN6O3. The summed E-state index contributed by atoms with van der Waals surface area (Å²) < 4.78 is 33.9. The number of fused-ring (bicyclic) bond motifs is 1. The molecule has 1 fully saturated rings. The monoisotopic (exact) mass is 478 g/mol. The third kappa shape index (κ3) is 4.74. The van der Waals surface area contributed by atoms with Gasteiger partial charge in [0.2, 0.25) is 0 Å². The van der Waals surface area contributed by atoms with E-state index in [1.807, 2.05) is 25.4 Å². The van der Waals surface area contributed by atoms with E-state index in [1.54, 1.807) is 28.0 Å². The van der Waals surface area contributed by atoms with Gasteiger partial charge in [-0.2, -0.15) is 5.10 Å². The highest BCUT2D eigenvalue weighted by Gasteiger charge is 2.25. The Hall–Kier alpha value is -3.79. The van der Waals surface area contributed by atoms with Crippen LogP contribution in [0.2, 0.25) is 0 Å². The number of aromatic nitrogens is 5. The lowest BCUT2D eigenvalue weighted by molar-refractivity contribution is 0.0221. The van der Waals surface area contributed by atoms with E-state index in [9.17, 15) is 0 Å². The van der Waals surface area contributed by atoms with E-state index < -0.39 is 5.82 Å². The van der Waals surface area contributed by atoms with Gasteiger partial charge in [-0.05, 0) is 31.4 Å². The Labute approximate surface area is 202 Å². The van der Waals surface area contributed by atoms with Crippen molar-refractivity contribution in [1.29, 1.82) is 0 Å². The number of rotatable bonds is 7. The fourth-order valence-electron chi connectivity index (χ4n) is 4.22. The predicted molar refractivity (Wildman–Crippen MR) is 130 cm³/mol. The maximum Gasteiger partial charge on any atom is 0.188 e. The van der Waals surface area contributed by atoms with Gasteiger partial charge < -0.3 is 19.1 Å². The SMILES string of the molecule is COc1cc(OC)c(F)c(N(CC2CCCCO2)c2ccc3ncc(-c4cnn(C)c4)nc3n2)c1. The van der Waals surface area contributed by atoms with Crippen LogP contribution in [0.1, 0.15) is 19.3 Å². The second kappa shape index (κ2) is 9.83. The highest BCUT2D eigenvalue weighted by molar-refractivity contribution is 5.77. The molecule has 5 rings (SSSR count). The van der Waals surface area contributed by atoms with Gasteiger partial charge in [0.25, 0.3) is 0 Å². The quantitative estimate of drug-likeness (QED) is 0.389. The molecule has 0 radical (unpaired) electrons. The molecule has 1 unspecified atom stereocenters. The summed E-state index contributed by atoms with van der Waals surface area (Å²) in [5.74, 6) is 0.598. The standard InChI is InChI=1S/C25H27FN6O3/c1-31-14-16(12-28-31)20-13-27-19-7-8-23(30-25(19)29-20)32(15-17-6-4-5-9-35-17)21-10-18(33-2)11-22(34-3)24(21)26/h7-8,10-14,17H,4-6,9,15H2,1-3H3.